The molecule has 0 aromatic heterocycles. The molecule has 0 N–H and O–H groups in total. The molecule has 2 atom stereocenters. The Balaban J connectivity index is 1.32. The lowest BCUT2D eigenvalue weighted by Gasteiger charge is -2.26. The third-order valence-electron chi connectivity index (χ3n) is 9.77. The Hall–Kier alpha value is -5.66. The monoisotopic (exact) mass is 770 g/mol. The minimum atomic E-state index is -1.62. The van der Waals surface area contributed by atoms with Crippen LogP contribution in [0.1, 0.15) is 50.7 Å². The smallest absolute Gasteiger partial charge is 0.326 e. The highest BCUT2D eigenvalue weighted by atomic mass is 31.2. The van der Waals surface area contributed by atoms with Crippen LogP contribution in [0.5, 0.6) is 23.0 Å². The fourth-order valence-electron chi connectivity index (χ4n) is 6.96. The molecule has 0 radical (unpaired) electrons. The van der Waals surface area contributed by atoms with Crippen LogP contribution in [-0.4, -0.2) is 0 Å². The van der Waals surface area contributed by atoms with Gasteiger partial charge in [-0.1, -0.05) is 161 Å². The van der Waals surface area contributed by atoms with E-state index >= 15 is 0 Å². The third kappa shape index (κ3) is 8.00. The first kappa shape index (κ1) is 37.3. The van der Waals surface area contributed by atoms with Crippen LogP contribution in [0.2, 0.25) is 0 Å². The molecule has 0 spiro atoms. The van der Waals surface area contributed by atoms with E-state index in [0.717, 1.165) is 65.9 Å². The summed E-state index contributed by atoms with van der Waals surface area (Å²) in [5.41, 5.74) is 4.14. The minimum absolute atomic E-state index is 0.277. The van der Waals surface area contributed by atoms with Crippen LogP contribution in [0, 0.1) is 0 Å². The summed E-state index contributed by atoms with van der Waals surface area (Å²) in [6, 6.07) is 62.4. The van der Waals surface area contributed by atoms with Gasteiger partial charge in [0, 0.05) is 11.1 Å². The van der Waals surface area contributed by atoms with E-state index in [4.69, 9.17) is 18.1 Å². The van der Waals surface area contributed by atoms with E-state index in [1.54, 1.807) is 0 Å². The molecule has 4 nitrogen and oxygen atoms in total. The molecule has 0 saturated heterocycles. The molecule has 0 heterocycles. The van der Waals surface area contributed by atoms with Crippen molar-refractivity contribution in [2.24, 2.45) is 0 Å². The van der Waals surface area contributed by atoms with Gasteiger partial charge in [0.2, 0.25) is 0 Å². The van der Waals surface area contributed by atoms with Crippen molar-refractivity contribution in [2.45, 2.75) is 39.5 Å². The molecule has 8 aromatic rings. The van der Waals surface area contributed by atoms with Crippen molar-refractivity contribution in [3.8, 4) is 34.1 Å². The lowest BCUT2D eigenvalue weighted by atomic mass is 9.92. The summed E-state index contributed by atoms with van der Waals surface area (Å²) in [4.78, 5) is 0. The van der Waals surface area contributed by atoms with Crippen LogP contribution in [-0.2, 0) is 0 Å². The van der Waals surface area contributed by atoms with Gasteiger partial charge >= 0.3 is 16.8 Å². The molecule has 0 amide bonds. The van der Waals surface area contributed by atoms with Crippen molar-refractivity contribution < 1.29 is 18.1 Å². The van der Waals surface area contributed by atoms with Gasteiger partial charge in [0.15, 0.2) is 0 Å². The number of hydrogen-bond donors (Lipinski definition) is 0. The molecule has 8 rings (SSSR count). The summed E-state index contributed by atoms with van der Waals surface area (Å²) in [5, 5.41) is 6.23. The summed E-state index contributed by atoms with van der Waals surface area (Å²) in [6.07, 6.45) is 0. The zero-order valence-corrected chi connectivity index (χ0v) is 33.8. The first-order valence-electron chi connectivity index (χ1n) is 19.1. The summed E-state index contributed by atoms with van der Waals surface area (Å²) in [5.74, 6) is 3.61. The van der Waals surface area contributed by atoms with E-state index in [1.165, 1.54) is 0 Å². The highest BCUT2D eigenvalue weighted by Crippen LogP contribution is 2.53. The largest absolute Gasteiger partial charge is 0.435 e. The highest BCUT2D eigenvalue weighted by Gasteiger charge is 2.28. The van der Waals surface area contributed by atoms with Crippen LogP contribution >= 0.6 is 16.8 Å². The van der Waals surface area contributed by atoms with Gasteiger partial charge in [0.25, 0.3) is 0 Å². The number of para-hydroxylation sites is 2. The summed E-state index contributed by atoms with van der Waals surface area (Å²) in [7, 11) is -3.24. The summed E-state index contributed by atoms with van der Waals surface area (Å²) in [6.45, 7) is 8.75. The first-order chi connectivity index (χ1) is 27.4. The Bertz CT molecular complexity index is 2390. The first-order valence-corrected chi connectivity index (χ1v) is 21.4. The van der Waals surface area contributed by atoms with Crippen LogP contribution in [0.3, 0.4) is 0 Å². The number of hydrogen-bond acceptors (Lipinski definition) is 4. The minimum Gasteiger partial charge on any atom is -0.435 e. The van der Waals surface area contributed by atoms with Gasteiger partial charge in [-0.15, -0.1) is 0 Å². The molecule has 0 aliphatic heterocycles. The quantitative estimate of drug-likeness (QED) is 0.109. The molecule has 0 bridgehead atoms. The van der Waals surface area contributed by atoms with Crippen LogP contribution in [0.4, 0.5) is 0 Å². The van der Waals surface area contributed by atoms with Gasteiger partial charge in [-0.2, -0.15) is 0 Å². The van der Waals surface area contributed by atoms with Crippen molar-refractivity contribution in [1.29, 1.82) is 0 Å². The van der Waals surface area contributed by atoms with Crippen molar-refractivity contribution in [2.75, 3.05) is 0 Å². The van der Waals surface area contributed by atoms with Gasteiger partial charge in [0.1, 0.15) is 23.0 Å². The third-order valence-corrected chi connectivity index (χ3v) is 12.7. The van der Waals surface area contributed by atoms with Gasteiger partial charge in [-0.05, 0) is 93.0 Å². The predicted octanol–water partition coefficient (Wildman–Crippen LogP) is 14.1. The molecular formula is C50H44O4P2. The molecule has 6 heteroatoms. The van der Waals surface area contributed by atoms with Crippen molar-refractivity contribution in [1.82, 2.24) is 0 Å². The Kier molecular flexibility index (Phi) is 11.3. The standard InChI is InChI=1S/C50H44O4P2/c1-35(2)41-25-15-17-29-45(41)51-55(39-21-7-5-8-22-39)53-47-33-31-37-19-11-13-27-43(37)49(47)50-44-28-14-12-20-38(44)32-34-48(50)54-56(40-23-9-6-10-24-40)52-46-30-18-16-26-42(46)36(3)4/h5-36H,1-4H3. The van der Waals surface area contributed by atoms with Crippen molar-refractivity contribution >= 4 is 48.9 Å². The van der Waals surface area contributed by atoms with E-state index in [0.29, 0.717) is 11.5 Å². The molecule has 0 fully saturated rings. The molecule has 56 heavy (non-hydrogen) atoms. The average Bonchev–Trinajstić information content (AvgIpc) is 3.24. The lowest BCUT2D eigenvalue weighted by Crippen LogP contribution is -2.12. The zero-order chi connectivity index (χ0) is 38.4. The fraction of sp³-hybridized carbons (Fsp3) is 0.120. The zero-order valence-electron chi connectivity index (χ0n) is 32.0. The average molecular weight is 771 g/mol. The molecule has 0 aliphatic carbocycles. The van der Waals surface area contributed by atoms with E-state index in [-0.39, 0.29) is 11.8 Å². The second-order valence-electron chi connectivity index (χ2n) is 14.3. The predicted molar refractivity (Wildman–Crippen MR) is 236 cm³/mol. The highest BCUT2D eigenvalue weighted by molar-refractivity contribution is 7.57. The van der Waals surface area contributed by atoms with Crippen LogP contribution < -0.4 is 28.7 Å². The Morgan fingerprint density at radius 2 is 0.661 bits per heavy atom. The molecular weight excluding hydrogens is 726 g/mol. The molecule has 278 valence electrons. The second-order valence-corrected chi connectivity index (χ2v) is 17.0. The number of benzene rings is 8. The van der Waals surface area contributed by atoms with Gasteiger partial charge < -0.3 is 18.1 Å². The number of fused-ring (bicyclic) bond motifs is 2. The molecule has 8 aromatic carbocycles. The van der Waals surface area contributed by atoms with Crippen LogP contribution in [0.15, 0.2) is 182 Å². The van der Waals surface area contributed by atoms with Gasteiger partial charge in [-0.3, -0.25) is 0 Å². The maximum Gasteiger partial charge on any atom is 0.326 e. The lowest BCUT2D eigenvalue weighted by molar-refractivity contribution is 0.493. The molecule has 2 unspecified atom stereocenters. The van der Waals surface area contributed by atoms with Gasteiger partial charge in [0.05, 0.1) is 10.6 Å². The van der Waals surface area contributed by atoms with Crippen molar-refractivity contribution in [3.05, 3.63) is 193 Å². The van der Waals surface area contributed by atoms with Crippen LogP contribution in [0.25, 0.3) is 32.7 Å². The van der Waals surface area contributed by atoms with E-state index in [2.05, 4.69) is 149 Å². The topological polar surface area (TPSA) is 36.9 Å². The van der Waals surface area contributed by atoms with E-state index < -0.39 is 16.8 Å². The van der Waals surface area contributed by atoms with E-state index in [9.17, 15) is 0 Å². The molecule has 0 aliphatic rings. The maximum absolute atomic E-state index is 7.23. The summed E-state index contributed by atoms with van der Waals surface area (Å²) < 4.78 is 28.3. The number of rotatable bonds is 13. The Morgan fingerprint density at radius 1 is 0.321 bits per heavy atom. The SMILES string of the molecule is CC(C)c1ccccc1OP(Oc1ccc2ccccc2c1-c1c(OP(Oc2ccccc2C(C)C)c2ccccc2)ccc2ccccc12)c1ccccc1. The fourth-order valence-corrected chi connectivity index (χ4v) is 9.64. The maximum atomic E-state index is 7.23. The van der Waals surface area contributed by atoms with Gasteiger partial charge in [-0.25, -0.2) is 0 Å². The normalized spacial score (nSPS) is 12.5. The Morgan fingerprint density at radius 3 is 1.07 bits per heavy atom. The summed E-state index contributed by atoms with van der Waals surface area (Å²) >= 11 is 0. The Labute approximate surface area is 332 Å². The van der Waals surface area contributed by atoms with Crippen molar-refractivity contribution in [3.63, 3.8) is 0 Å². The molecule has 0 saturated carbocycles. The second kappa shape index (κ2) is 17.0. The van der Waals surface area contributed by atoms with E-state index in [1.807, 2.05) is 60.7 Å².